The van der Waals surface area contributed by atoms with Crippen LogP contribution in [0.3, 0.4) is 0 Å². The van der Waals surface area contributed by atoms with Crippen LogP contribution in [0.15, 0.2) is 35.4 Å². The van der Waals surface area contributed by atoms with Gasteiger partial charge >= 0.3 is 0 Å². The summed E-state index contributed by atoms with van der Waals surface area (Å²) in [4.78, 5) is 18.6. The van der Waals surface area contributed by atoms with Gasteiger partial charge in [-0.25, -0.2) is 0 Å². The van der Waals surface area contributed by atoms with Crippen LogP contribution in [0.5, 0.6) is 0 Å². The fourth-order valence-corrected chi connectivity index (χ4v) is 5.08. The predicted octanol–water partition coefficient (Wildman–Crippen LogP) is 4.60. The van der Waals surface area contributed by atoms with Gasteiger partial charge in [-0.1, -0.05) is 41.9 Å². The molecule has 9 heteroatoms. The van der Waals surface area contributed by atoms with E-state index in [1.807, 2.05) is 51.1 Å². The van der Waals surface area contributed by atoms with Crippen molar-refractivity contribution in [2.24, 2.45) is 5.11 Å². The minimum Gasteiger partial charge on any atom is -0.382 e. The van der Waals surface area contributed by atoms with Crippen LogP contribution in [-0.2, 0) is 25.4 Å². The van der Waals surface area contributed by atoms with Crippen LogP contribution < -0.4 is 5.32 Å². The van der Waals surface area contributed by atoms with E-state index in [2.05, 4.69) is 20.2 Å². The number of benzene rings is 1. The van der Waals surface area contributed by atoms with Gasteiger partial charge in [-0.2, -0.15) is 0 Å². The van der Waals surface area contributed by atoms with E-state index in [0.717, 1.165) is 50.6 Å². The van der Waals surface area contributed by atoms with Crippen molar-refractivity contribution in [1.82, 2.24) is 10.2 Å². The number of nitrogens with one attached hydrogen (secondary N) is 1. The summed E-state index contributed by atoms with van der Waals surface area (Å²) in [5, 5.41) is 7.33. The Bertz CT molecular complexity index is 853. The number of nitrogens with zero attached hydrogens (tertiary/aromatic N) is 4. The quantitative estimate of drug-likeness (QED) is 0.271. The van der Waals surface area contributed by atoms with Crippen LogP contribution in [0.4, 0.5) is 0 Å². The lowest BCUT2D eigenvalue weighted by molar-refractivity contribution is -0.228. The van der Waals surface area contributed by atoms with Gasteiger partial charge in [0.25, 0.3) is 0 Å². The van der Waals surface area contributed by atoms with Crippen LogP contribution in [0.25, 0.3) is 10.4 Å². The topological polar surface area (TPSA) is 109 Å². The average molecular weight is 502 g/mol. The maximum Gasteiger partial charge on any atom is 0.237 e. The van der Waals surface area contributed by atoms with Gasteiger partial charge in [-0.05, 0) is 76.9 Å². The van der Waals surface area contributed by atoms with Gasteiger partial charge in [0.1, 0.15) is 0 Å². The first-order valence-corrected chi connectivity index (χ1v) is 13.2. The third kappa shape index (κ3) is 9.05. The van der Waals surface area contributed by atoms with Gasteiger partial charge < -0.3 is 19.5 Å². The van der Waals surface area contributed by atoms with Crippen molar-refractivity contribution in [3.05, 3.63) is 46.3 Å². The summed E-state index contributed by atoms with van der Waals surface area (Å²) in [5.41, 5.74) is 10.2. The second-order valence-electron chi connectivity index (χ2n) is 11.0. The zero-order valence-electron chi connectivity index (χ0n) is 22.3. The molecule has 2 aliphatic rings. The number of amides is 1. The minimum atomic E-state index is -0.433. The SMILES string of the molecule is COCC1CCCC(O[C@H](CN2CCCC[C@H]2C(=O)NC(C)(C)C)[C@H](Cc2ccccc2)N=[N+]=[N-])O1. The summed E-state index contributed by atoms with van der Waals surface area (Å²) >= 11 is 0. The van der Waals surface area contributed by atoms with Crippen LogP contribution in [0.1, 0.15) is 64.9 Å². The lowest BCUT2D eigenvalue weighted by Gasteiger charge is -2.40. The number of carbonyl (C=O) groups is 1. The zero-order chi connectivity index (χ0) is 26.0. The van der Waals surface area contributed by atoms with E-state index in [9.17, 15) is 10.3 Å². The monoisotopic (exact) mass is 501 g/mol. The van der Waals surface area contributed by atoms with Gasteiger partial charge in [0.15, 0.2) is 6.29 Å². The highest BCUT2D eigenvalue weighted by molar-refractivity contribution is 5.82. The van der Waals surface area contributed by atoms with Crippen LogP contribution >= 0.6 is 0 Å². The molecule has 5 atom stereocenters. The summed E-state index contributed by atoms with van der Waals surface area (Å²) in [7, 11) is 1.67. The van der Waals surface area contributed by atoms with E-state index in [1.165, 1.54) is 0 Å². The molecule has 0 spiro atoms. The fourth-order valence-electron chi connectivity index (χ4n) is 5.08. The Kier molecular flexibility index (Phi) is 11.0. The van der Waals surface area contributed by atoms with Gasteiger partial charge in [0.05, 0.1) is 30.9 Å². The van der Waals surface area contributed by atoms with Crippen molar-refractivity contribution >= 4 is 5.91 Å². The van der Waals surface area contributed by atoms with Crippen molar-refractivity contribution in [2.45, 2.75) is 102 Å². The molecule has 200 valence electrons. The Morgan fingerprint density at radius 2 is 2.00 bits per heavy atom. The molecular weight excluding hydrogens is 458 g/mol. The molecule has 1 amide bonds. The van der Waals surface area contributed by atoms with Crippen molar-refractivity contribution in [3.8, 4) is 0 Å². The largest absolute Gasteiger partial charge is 0.382 e. The highest BCUT2D eigenvalue weighted by Gasteiger charge is 2.36. The van der Waals surface area contributed by atoms with E-state index in [1.54, 1.807) is 7.11 Å². The molecule has 1 aromatic rings. The van der Waals surface area contributed by atoms with Gasteiger partial charge in [0.2, 0.25) is 5.91 Å². The van der Waals surface area contributed by atoms with Gasteiger partial charge in [0, 0.05) is 24.1 Å². The summed E-state index contributed by atoms with van der Waals surface area (Å²) in [6, 6.07) is 9.33. The molecule has 1 N–H and O–H groups in total. The number of hydrogen-bond donors (Lipinski definition) is 1. The number of ether oxygens (including phenoxy) is 3. The molecule has 3 rings (SSSR count). The van der Waals surface area contributed by atoms with E-state index < -0.39 is 18.4 Å². The average Bonchev–Trinajstić information content (AvgIpc) is 2.84. The van der Waals surface area contributed by atoms with Crippen LogP contribution in [-0.4, -0.2) is 73.7 Å². The molecule has 2 fully saturated rings. The predicted molar refractivity (Wildman–Crippen MR) is 139 cm³/mol. The number of piperidine rings is 1. The normalized spacial score (nSPS) is 24.9. The standard InChI is InChI=1S/C27H43N5O4/c1-27(2,3)29-26(33)23-14-8-9-16-32(23)18-24(36-25-15-10-13-21(35-25)19-34-4)22(30-31-28)17-20-11-6-5-7-12-20/h5-7,11-12,21-25H,8-10,13-19H2,1-4H3,(H,29,33)/t21?,22-,23-,24+,25?/m0/s1. The molecule has 9 nitrogen and oxygen atoms in total. The molecule has 1 aromatic carbocycles. The first-order valence-electron chi connectivity index (χ1n) is 13.2. The number of methoxy groups -OCH3 is 1. The number of hydrogen-bond acceptors (Lipinski definition) is 6. The van der Waals surface area contributed by atoms with E-state index >= 15 is 0 Å². The zero-order valence-corrected chi connectivity index (χ0v) is 22.3. The molecule has 2 unspecified atom stereocenters. The second kappa shape index (κ2) is 14.0. The third-order valence-corrected chi connectivity index (χ3v) is 6.74. The Morgan fingerprint density at radius 3 is 2.69 bits per heavy atom. The molecule has 0 bridgehead atoms. The van der Waals surface area contributed by atoms with Gasteiger partial charge in [-0.3, -0.25) is 9.69 Å². The fraction of sp³-hybridized carbons (Fsp3) is 0.741. The number of carbonyl (C=O) groups excluding carboxylic acids is 1. The first kappa shape index (κ1) is 28.4. The van der Waals surface area contributed by atoms with Crippen molar-refractivity contribution in [2.75, 3.05) is 26.8 Å². The summed E-state index contributed by atoms with van der Waals surface area (Å²) < 4.78 is 18.1. The number of likely N-dealkylation sites (tertiary alicyclic amines) is 1. The number of rotatable bonds is 11. The third-order valence-electron chi connectivity index (χ3n) is 6.74. The molecule has 0 aromatic heterocycles. The molecular formula is C27H43N5O4. The van der Waals surface area contributed by atoms with E-state index in [-0.39, 0.29) is 23.6 Å². The van der Waals surface area contributed by atoms with Crippen LogP contribution in [0.2, 0.25) is 0 Å². The van der Waals surface area contributed by atoms with Crippen molar-refractivity contribution in [3.63, 3.8) is 0 Å². The Labute approximate surface area is 215 Å². The molecule has 36 heavy (non-hydrogen) atoms. The van der Waals surface area contributed by atoms with Crippen molar-refractivity contribution in [1.29, 1.82) is 0 Å². The molecule has 2 aliphatic heterocycles. The van der Waals surface area contributed by atoms with Crippen molar-refractivity contribution < 1.29 is 19.0 Å². The maximum atomic E-state index is 13.2. The molecule has 0 saturated carbocycles. The molecule has 2 saturated heterocycles. The Balaban J connectivity index is 1.82. The lowest BCUT2D eigenvalue weighted by Crippen LogP contribution is -2.56. The number of azide groups is 1. The lowest BCUT2D eigenvalue weighted by atomic mass is 9.96. The molecule has 0 radical (unpaired) electrons. The minimum absolute atomic E-state index is 0.0123. The maximum absolute atomic E-state index is 13.2. The Morgan fingerprint density at radius 1 is 1.22 bits per heavy atom. The van der Waals surface area contributed by atoms with Crippen LogP contribution in [0, 0.1) is 0 Å². The first-order chi connectivity index (χ1) is 17.3. The van der Waals surface area contributed by atoms with E-state index in [4.69, 9.17) is 14.2 Å². The van der Waals surface area contributed by atoms with Gasteiger partial charge in [-0.15, -0.1) is 0 Å². The summed E-state index contributed by atoms with van der Waals surface area (Å²) in [6.07, 6.45) is 5.25. The molecule has 0 aliphatic carbocycles. The Hall–Kier alpha value is -2.16. The highest BCUT2D eigenvalue weighted by atomic mass is 16.7. The smallest absolute Gasteiger partial charge is 0.237 e. The molecule has 2 heterocycles. The second-order valence-corrected chi connectivity index (χ2v) is 11.0. The summed E-state index contributed by atoms with van der Waals surface area (Å²) in [6.45, 7) is 7.81. The highest BCUT2D eigenvalue weighted by Crippen LogP contribution is 2.26. The van der Waals surface area contributed by atoms with E-state index in [0.29, 0.717) is 19.6 Å². The summed E-state index contributed by atoms with van der Waals surface area (Å²) in [5.74, 6) is 0.0402.